The van der Waals surface area contributed by atoms with Crippen LogP contribution >= 0.6 is 22.6 Å². The van der Waals surface area contributed by atoms with E-state index in [0.29, 0.717) is 0 Å². The summed E-state index contributed by atoms with van der Waals surface area (Å²) >= 11 is 2.05. The molecule has 0 amide bonds. The molecule has 0 radical (unpaired) electrons. The molecular formula is C2H4IN. The molecule has 0 aromatic heterocycles. The molecule has 0 aliphatic rings. The third-order valence-corrected chi connectivity index (χ3v) is 0.488. The van der Waals surface area contributed by atoms with Gasteiger partial charge >= 0.3 is 0 Å². The Morgan fingerprint density at radius 3 is 2.00 bits per heavy atom. The Labute approximate surface area is 39.0 Å². The van der Waals surface area contributed by atoms with Crippen molar-refractivity contribution in [2.24, 2.45) is 5.73 Å². The predicted octanol–water partition coefficient (Wildman–Crippen LogP) is 0.851. The SMILES string of the molecule is NC=CI. The van der Waals surface area contributed by atoms with E-state index in [2.05, 4.69) is 0 Å². The maximum Gasteiger partial charge on any atom is -0.0000682 e. The molecule has 0 aliphatic carbocycles. The Kier molecular flexibility index (Phi) is 3.49. The van der Waals surface area contributed by atoms with Gasteiger partial charge in [0.15, 0.2) is 0 Å². The molecule has 0 saturated heterocycles. The Bertz CT molecular complexity index is 21.2. The van der Waals surface area contributed by atoms with Crippen LogP contribution in [0.25, 0.3) is 0 Å². The molecule has 0 unspecified atom stereocenters. The van der Waals surface area contributed by atoms with Crippen molar-refractivity contribution in [2.45, 2.75) is 0 Å². The van der Waals surface area contributed by atoms with E-state index < -0.39 is 0 Å². The summed E-state index contributed by atoms with van der Waals surface area (Å²) in [4.78, 5) is 0. The number of rotatable bonds is 0. The summed E-state index contributed by atoms with van der Waals surface area (Å²) in [5.74, 6) is 0. The van der Waals surface area contributed by atoms with Crippen LogP contribution in [0.1, 0.15) is 0 Å². The third kappa shape index (κ3) is 2.27. The van der Waals surface area contributed by atoms with Crippen LogP contribution in [0.15, 0.2) is 10.3 Å². The van der Waals surface area contributed by atoms with Gasteiger partial charge in [0.1, 0.15) is 0 Å². The molecule has 0 spiro atoms. The van der Waals surface area contributed by atoms with Crippen LogP contribution in [0.3, 0.4) is 0 Å². The number of hydrogen-bond donors (Lipinski definition) is 1. The van der Waals surface area contributed by atoms with E-state index in [1.54, 1.807) is 4.08 Å². The molecule has 2 heteroatoms. The fourth-order valence-corrected chi connectivity index (χ4v) is 0. The average molecular weight is 169 g/mol. The van der Waals surface area contributed by atoms with Crippen molar-refractivity contribution in [1.82, 2.24) is 0 Å². The van der Waals surface area contributed by atoms with Gasteiger partial charge in [-0.1, -0.05) is 22.6 Å². The molecule has 1 nitrogen and oxygen atoms in total. The van der Waals surface area contributed by atoms with Crippen LogP contribution in [0.5, 0.6) is 0 Å². The van der Waals surface area contributed by atoms with E-state index in [1.807, 2.05) is 22.6 Å². The number of halogens is 1. The first-order valence-electron chi connectivity index (χ1n) is 0.885. The summed E-state index contributed by atoms with van der Waals surface area (Å²) in [6, 6.07) is 0. The lowest BCUT2D eigenvalue weighted by Gasteiger charge is -1.51. The summed E-state index contributed by atoms with van der Waals surface area (Å²) in [6.45, 7) is 0. The van der Waals surface area contributed by atoms with E-state index in [4.69, 9.17) is 5.73 Å². The smallest absolute Gasteiger partial charge is 0.0000682 e. The fourth-order valence-electron chi connectivity index (χ4n) is 0. The lowest BCUT2D eigenvalue weighted by molar-refractivity contribution is 1.64. The van der Waals surface area contributed by atoms with Crippen LogP contribution in [-0.2, 0) is 0 Å². The second-order valence-electron chi connectivity index (χ2n) is 0.318. The molecule has 0 aromatic rings. The first kappa shape index (κ1) is 4.27. The van der Waals surface area contributed by atoms with Gasteiger partial charge in [-0.2, -0.15) is 0 Å². The van der Waals surface area contributed by atoms with Crippen LogP contribution in [-0.4, -0.2) is 0 Å². The molecule has 0 fully saturated rings. The maximum absolute atomic E-state index is 4.84. The van der Waals surface area contributed by atoms with Crippen LogP contribution in [0, 0.1) is 0 Å². The normalized spacial score (nSPS) is 9.25. The van der Waals surface area contributed by atoms with E-state index in [1.165, 1.54) is 6.20 Å². The van der Waals surface area contributed by atoms with E-state index in [9.17, 15) is 0 Å². The Morgan fingerprint density at radius 2 is 2.00 bits per heavy atom. The zero-order chi connectivity index (χ0) is 3.41. The van der Waals surface area contributed by atoms with Gasteiger partial charge in [0.25, 0.3) is 0 Å². The first-order chi connectivity index (χ1) is 1.91. The molecule has 0 saturated carbocycles. The lowest BCUT2D eigenvalue weighted by Crippen LogP contribution is -1.69. The predicted molar refractivity (Wildman–Crippen MR) is 27.3 cm³/mol. The van der Waals surface area contributed by atoms with Gasteiger partial charge in [-0.05, 0) is 10.3 Å². The Balaban J connectivity index is 2.55. The minimum Gasteiger partial charge on any atom is -0.404 e. The highest BCUT2D eigenvalue weighted by Gasteiger charge is 1.35. The minimum absolute atomic E-state index is 1.49. The fraction of sp³-hybridized carbons (Fsp3) is 0. The second kappa shape index (κ2) is 3.27. The van der Waals surface area contributed by atoms with Crippen molar-refractivity contribution in [3.05, 3.63) is 10.3 Å². The highest BCUT2D eigenvalue weighted by molar-refractivity contribution is 14.1. The largest absolute Gasteiger partial charge is 0.404 e. The summed E-state index contributed by atoms with van der Waals surface area (Å²) in [7, 11) is 0. The summed E-state index contributed by atoms with van der Waals surface area (Å²) in [6.07, 6.45) is 1.49. The topological polar surface area (TPSA) is 26.0 Å². The van der Waals surface area contributed by atoms with Crippen LogP contribution < -0.4 is 5.73 Å². The van der Waals surface area contributed by atoms with Gasteiger partial charge in [0.2, 0.25) is 0 Å². The van der Waals surface area contributed by atoms with Crippen molar-refractivity contribution in [3.8, 4) is 0 Å². The molecule has 4 heavy (non-hydrogen) atoms. The summed E-state index contributed by atoms with van der Waals surface area (Å²) < 4.78 is 1.75. The van der Waals surface area contributed by atoms with Gasteiger partial charge in [-0.25, -0.2) is 0 Å². The van der Waals surface area contributed by atoms with Gasteiger partial charge in [0, 0.05) is 0 Å². The standard InChI is InChI=1S/C2H4IN/c3-1-2-4/h1-2H,4H2. The lowest BCUT2D eigenvalue weighted by atomic mass is 11.1. The highest BCUT2D eigenvalue weighted by Crippen LogP contribution is 1.74. The van der Waals surface area contributed by atoms with Gasteiger partial charge in [-0.3, -0.25) is 0 Å². The monoisotopic (exact) mass is 169 g/mol. The van der Waals surface area contributed by atoms with E-state index in [0.717, 1.165) is 0 Å². The Hall–Kier alpha value is 0.270. The van der Waals surface area contributed by atoms with Crippen molar-refractivity contribution in [1.29, 1.82) is 0 Å². The molecule has 0 aromatic carbocycles. The van der Waals surface area contributed by atoms with Crippen LogP contribution in [0.4, 0.5) is 0 Å². The summed E-state index contributed by atoms with van der Waals surface area (Å²) in [5, 5.41) is 0. The zero-order valence-electron chi connectivity index (χ0n) is 2.11. The first-order valence-corrected chi connectivity index (χ1v) is 2.13. The molecule has 0 aliphatic heterocycles. The number of hydrogen-bond acceptors (Lipinski definition) is 1. The molecule has 0 heterocycles. The minimum atomic E-state index is 1.49. The van der Waals surface area contributed by atoms with Gasteiger partial charge in [-0.15, -0.1) is 0 Å². The van der Waals surface area contributed by atoms with Gasteiger partial charge < -0.3 is 5.73 Å². The maximum atomic E-state index is 4.84. The van der Waals surface area contributed by atoms with E-state index >= 15 is 0 Å². The number of nitrogens with two attached hydrogens (primary N) is 1. The molecule has 0 bridgehead atoms. The highest BCUT2D eigenvalue weighted by atomic mass is 127. The van der Waals surface area contributed by atoms with Crippen molar-refractivity contribution < 1.29 is 0 Å². The Morgan fingerprint density at radius 1 is 1.75 bits per heavy atom. The van der Waals surface area contributed by atoms with Crippen molar-refractivity contribution in [2.75, 3.05) is 0 Å². The average Bonchev–Trinajstić information content (AvgIpc) is 1.37. The van der Waals surface area contributed by atoms with Gasteiger partial charge in [0.05, 0.1) is 0 Å². The molecular weight excluding hydrogens is 165 g/mol. The van der Waals surface area contributed by atoms with Crippen LogP contribution in [0.2, 0.25) is 0 Å². The summed E-state index contributed by atoms with van der Waals surface area (Å²) in [5.41, 5.74) is 4.84. The van der Waals surface area contributed by atoms with Crippen molar-refractivity contribution >= 4 is 22.6 Å². The molecule has 0 rings (SSSR count). The third-order valence-electron chi connectivity index (χ3n) is 0.0727. The quantitative estimate of drug-likeness (QED) is 0.534. The molecule has 2 N–H and O–H groups in total. The van der Waals surface area contributed by atoms with Crippen molar-refractivity contribution in [3.63, 3.8) is 0 Å². The zero-order valence-corrected chi connectivity index (χ0v) is 4.27. The van der Waals surface area contributed by atoms with E-state index in [-0.39, 0.29) is 0 Å². The molecule has 24 valence electrons. The molecule has 0 atom stereocenters. The second-order valence-corrected chi connectivity index (χ2v) is 1.04.